The molecule has 2 aliphatic carbocycles. The molecule has 3 N–H and O–H groups in total. The SMILES string of the molecule is NC(=O)CC1CCCCC1.O=C(O)CC1CCCCC1. The van der Waals surface area contributed by atoms with Crippen LogP contribution >= 0.6 is 0 Å². The van der Waals surface area contributed by atoms with E-state index in [1.807, 2.05) is 0 Å². The van der Waals surface area contributed by atoms with E-state index in [9.17, 15) is 9.59 Å². The fourth-order valence-corrected chi connectivity index (χ4v) is 3.31. The summed E-state index contributed by atoms with van der Waals surface area (Å²) in [5.41, 5.74) is 5.08. The van der Waals surface area contributed by atoms with E-state index in [1.54, 1.807) is 0 Å². The largest absolute Gasteiger partial charge is 0.481 e. The molecule has 0 aliphatic heterocycles. The van der Waals surface area contributed by atoms with E-state index in [0.717, 1.165) is 12.8 Å². The van der Waals surface area contributed by atoms with Crippen molar-refractivity contribution >= 4 is 11.9 Å². The number of carboxylic acids is 1. The summed E-state index contributed by atoms with van der Waals surface area (Å²) >= 11 is 0. The van der Waals surface area contributed by atoms with Crippen molar-refractivity contribution in [2.75, 3.05) is 0 Å². The molecule has 0 heterocycles. The topological polar surface area (TPSA) is 80.4 Å². The van der Waals surface area contributed by atoms with Crippen molar-refractivity contribution in [3.63, 3.8) is 0 Å². The number of hydrogen-bond donors (Lipinski definition) is 2. The summed E-state index contributed by atoms with van der Waals surface area (Å²) in [6.45, 7) is 0. The molecule has 4 nitrogen and oxygen atoms in total. The monoisotopic (exact) mass is 283 g/mol. The fraction of sp³-hybridized carbons (Fsp3) is 0.875. The predicted octanol–water partition coefficient (Wildman–Crippen LogP) is 3.48. The Balaban J connectivity index is 0.000000200. The molecule has 4 heteroatoms. The molecule has 0 atom stereocenters. The molecule has 0 radical (unpaired) electrons. The molecular weight excluding hydrogens is 254 g/mol. The lowest BCUT2D eigenvalue weighted by molar-refractivity contribution is -0.138. The molecule has 2 saturated carbocycles. The lowest BCUT2D eigenvalue weighted by Crippen LogP contribution is -2.18. The average molecular weight is 283 g/mol. The molecule has 0 saturated heterocycles. The van der Waals surface area contributed by atoms with Crippen molar-refractivity contribution in [2.45, 2.75) is 77.0 Å². The Bertz CT molecular complexity index is 262. The fourth-order valence-electron chi connectivity index (χ4n) is 3.31. The van der Waals surface area contributed by atoms with Gasteiger partial charge in [-0.3, -0.25) is 9.59 Å². The highest BCUT2D eigenvalue weighted by Crippen LogP contribution is 2.26. The molecule has 1 amide bonds. The summed E-state index contributed by atoms with van der Waals surface area (Å²) in [5, 5.41) is 8.47. The van der Waals surface area contributed by atoms with Gasteiger partial charge in [0, 0.05) is 12.8 Å². The van der Waals surface area contributed by atoms with Crippen molar-refractivity contribution in [3.05, 3.63) is 0 Å². The zero-order chi connectivity index (χ0) is 14.8. The average Bonchev–Trinajstić information content (AvgIpc) is 2.40. The molecule has 2 fully saturated rings. The van der Waals surface area contributed by atoms with Gasteiger partial charge in [-0.2, -0.15) is 0 Å². The van der Waals surface area contributed by atoms with Gasteiger partial charge in [0.1, 0.15) is 0 Å². The highest BCUT2D eigenvalue weighted by Gasteiger charge is 2.16. The first-order valence-electron chi connectivity index (χ1n) is 8.08. The maximum Gasteiger partial charge on any atom is 0.303 e. The Kier molecular flexibility index (Phi) is 8.31. The van der Waals surface area contributed by atoms with Crippen molar-refractivity contribution in [3.8, 4) is 0 Å². The van der Waals surface area contributed by atoms with Gasteiger partial charge in [0.05, 0.1) is 0 Å². The third kappa shape index (κ3) is 8.18. The maximum atomic E-state index is 10.5. The second kappa shape index (κ2) is 9.78. The highest BCUT2D eigenvalue weighted by atomic mass is 16.4. The van der Waals surface area contributed by atoms with E-state index in [4.69, 9.17) is 10.8 Å². The van der Waals surface area contributed by atoms with Gasteiger partial charge in [0.2, 0.25) is 5.91 Å². The summed E-state index contributed by atoms with van der Waals surface area (Å²) in [6.07, 6.45) is 13.4. The summed E-state index contributed by atoms with van der Waals surface area (Å²) in [4.78, 5) is 20.8. The van der Waals surface area contributed by atoms with Gasteiger partial charge in [-0.05, 0) is 37.5 Å². The van der Waals surface area contributed by atoms with Crippen molar-refractivity contribution < 1.29 is 14.7 Å². The van der Waals surface area contributed by atoms with Crippen molar-refractivity contribution in [1.29, 1.82) is 0 Å². The molecule has 0 bridgehead atoms. The molecule has 2 rings (SSSR count). The van der Waals surface area contributed by atoms with Gasteiger partial charge in [-0.15, -0.1) is 0 Å². The third-order valence-electron chi connectivity index (χ3n) is 4.40. The normalized spacial score (nSPS) is 20.8. The number of amides is 1. The molecule has 0 spiro atoms. The lowest BCUT2D eigenvalue weighted by atomic mass is 9.87. The zero-order valence-corrected chi connectivity index (χ0v) is 12.5. The number of rotatable bonds is 4. The second-order valence-electron chi connectivity index (χ2n) is 6.28. The maximum absolute atomic E-state index is 10.5. The van der Waals surface area contributed by atoms with E-state index < -0.39 is 5.97 Å². The number of carboxylic acid groups (broad SMARTS) is 1. The lowest BCUT2D eigenvalue weighted by Gasteiger charge is -2.19. The molecule has 20 heavy (non-hydrogen) atoms. The molecular formula is C16H29NO3. The van der Waals surface area contributed by atoms with Crippen LogP contribution in [0.1, 0.15) is 77.0 Å². The van der Waals surface area contributed by atoms with Gasteiger partial charge in [-0.25, -0.2) is 0 Å². The quantitative estimate of drug-likeness (QED) is 0.828. The number of hydrogen-bond acceptors (Lipinski definition) is 2. The summed E-state index contributed by atoms with van der Waals surface area (Å²) in [5.74, 6) is 0.316. The van der Waals surface area contributed by atoms with Crippen LogP contribution in [0.4, 0.5) is 0 Å². The number of carbonyl (C=O) groups excluding carboxylic acids is 1. The number of primary amides is 1. The summed E-state index contributed by atoms with van der Waals surface area (Å²) in [6, 6.07) is 0. The highest BCUT2D eigenvalue weighted by molar-refractivity contribution is 5.73. The first-order chi connectivity index (χ1) is 9.58. The van der Waals surface area contributed by atoms with Crippen LogP contribution < -0.4 is 5.73 Å². The zero-order valence-electron chi connectivity index (χ0n) is 12.5. The van der Waals surface area contributed by atoms with Gasteiger partial charge < -0.3 is 10.8 Å². The molecule has 0 aromatic carbocycles. The molecule has 116 valence electrons. The Morgan fingerprint density at radius 1 is 0.800 bits per heavy atom. The van der Waals surface area contributed by atoms with E-state index >= 15 is 0 Å². The molecule has 2 aliphatic rings. The Hall–Kier alpha value is -1.06. The van der Waals surface area contributed by atoms with Gasteiger partial charge >= 0.3 is 5.97 Å². The summed E-state index contributed by atoms with van der Waals surface area (Å²) in [7, 11) is 0. The van der Waals surface area contributed by atoms with Crippen molar-refractivity contribution in [2.24, 2.45) is 17.6 Å². The molecule has 0 unspecified atom stereocenters. The van der Waals surface area contributed by atoms with E-state index in [-0.39, 0.29) is 5.91 Å². The van der Waals surface area contributed by atoms with Crippen LogP contribution in [0.2, 0.25) is 0 Å². The first-order valence-corrected chi connectivity index (χ1v) is 8.08. The Morgan fingerprint density at radius 3 is 1.55 bits per heavy atom. The number of nitrogens with two attached hydrogens (primary N) is 1. The first kappa shape index (κ1) is 17.0. The van der Waals surface area contributed by atoms with Crippen LogP contribution in [0.3, 0.4) is 0 Å². The van der Waals surface area contributed by atoms with Crippen molar-refractivity contribution in [1.82, 2.24) is 0 Å². The molecule has 0 aromatic rings. The van der Waals surface area contributed by atoms with Crippen LogP contribution in [0.25, 0.3) is 0 Å². The van der Waals surface area contributed by atoms with Gasteiger partial charge in [0.25, 0.3) is 0 Å². The van der Waals surface area contributed by atoms with Crippen LogP contribution in [0.15, 0.2) is 0 Å². The smallest absolute Gasteiger partial charge is 0.303 e. The standard InChI is InChI=1S/C8H15NO.C8H14O2/c2*9-8(10)6-7-4-2-1-3-5-7/h7H,1-6H2,(H2,9,10);7H,1-6H2,(H,9,10). The summed E-state index contributed by atoms with van der Waals surface area (Å²) < 4.78 is 0. The number of carbonyl (C=O) groups is 2. The second-order valence-corrected chi connectivity index (χ2v) is 6.28. The minimum atomic E-state index is -0.632. The van der Waals surface area contributed by atoms with Crippen LogP contribution in [-0.2, 0) is 9.59 Å². The number of aliphatic carboxylic acids is 1. The Labute approximate surface area is 122 Å². The minimum Gasteiger partial charge on any atom is -0.481 e. The van der Waals surface area contributed by atoms with Gasteiger partial charge in [-0.1, -0.05) is 38.5 Å². The minimum absolute atomic E-state index is 0.132. The molecule has 0 aromatic heterocycles. The predicted molar refractivity (Wildman–Crippen MR) is 79.2 cm³/mol. The third-order valence-corrected chi connectivity index (χ3v) is 4.40. The Morgan fingerprint density at radius 2 is 1.20 bits per heavy atom. The van der Waals surface area contributed by atoms with Gasteiger partial charge in [0.15, 0.2) is 0 Å². The van der Waals surface area contributed by atoms with Crippen LogP contribution in [-0.4, -0.2) is 17.0 Å². The van der Waals surface area contributed by atoms with E-state index in [2.05, 4.69) is 0 Å². The van der Waals surface area contributed by atoms with E-state index in [1.165, 1.54) is 51.4 Å². The van der Waals surface area contributed by atoms with Crippen LogP contribution in [0.5, 0.6) is 0 Å². The van der Waals surface area contributed by atoms with E-state index in [0.29, 0.717) is 24.7 Å². The van der Waals surface area contributed by atoms with Crippen LogP contribution in [0, 0.1) is 11.8 Å².